The van der Waals surface area contributed by atoms with Crippen LogP contribution in [0.4, 0.5) is 0 Å². The van der Waals surface area contributed by atoms with E-state index >= 15 is 0 Å². The average molecular weight is 225 g/mol. The van der Waals surface area contributed by atoms with E-state index in [1.807, 2.05) is 0 Å². The first kappa shape index (κ1) is 12.7. The molecule has 15 heavy (non-hydrogen) atoms. The van der Waals surface area contributed by atoms with Gasteiger partial charge in [0.15, 0.2) is 8.32 Å². The summed E-state index contributed by atoms with van der Waals surface area (Å²) in [6.45, 7) is 18.4. The van der Waals surface area contributed by atoms with Crippen molar-refractivity contribution in [3.05, 3.63) is 11.4 Å². The van der Waals surface area contributed by atoms with Gasteiger partial charge in [0, 0.05) is 6.42 Å². The molecule has 0 spiro atoms. The Balaban J connectivity index is 2.66. The van der Waals surface area contributed by atoms with Crippen LogP contribution in [0.5, 0.6) is 0 Å². The molecule has 0 saturated heterocycles. The standard InChI is InChI=1S/C12H23NOSi/c1-12(2,3)15(5,6)14-11-9-7-8-10(11)13-4/h10-11H,7-9H2,1-3,5-6H3/t10-,11-/m1/s1. The van der Waals surface area contributed by atoms with Crippen LogP contribution in [-0.2, 0) is 4.43 Å². The lowest BCUT2D eigenvalue weighted by Gasteiger charge is -2.38. The van der Waals surface area contributed by atoms with E-state index in [1.165, 1.54) is 0 Å². The number of nitrogens with zero attached hydrogens (tertiary/aromatic N) is 1. The van der Waals surface area contributed by atoms with Gasteiger partial charge in [0.2, 0.25) is 6.04 Å². The molecular formula is C12H23NOSi. The monoisotopic (exact) mass is 225 g/mol. The van der Waals surface area contributed by atoms with Crippen LogP contribution in [0.1, 0.15) is 40.0 Å². The smallest absolute Gasteiger partial charge is 0.248 e. The summed E-state index contributed by atoms with van der Waals surface area (Å²) in [6, 6.07) is 0.124. The Morgan fingerprint density at radius 1 is 1.27 bits per heavy atom. The lowest BCUT2D eigenvalue weighted by Crippen LogP contribution is -2.45. The first-order valence-corrected chi connectivity index (χ1v) is 8.73. The Kier molecular flexibility index (Phi) is 3.62. The van der Waals surface area contributed by atoms with E-state index < -0.39 is 8.32 Å². The van der Waals surface area contributed by atoms with Crippen molar-refractivity contribution in [2.45, 2.75) is 70.3 Å². The van der Waals surface area contributed by atoms with Crippen molar-refractivity contribution in [3.8, 4) is 0 Å². The fourth-order valence-corrected chi connectivity index (χ4v) is 3.13. The average Bonchev–Trinajstić information content (AvgIpc) is 2.48. The molecule has 1 aliphatic carbocycles. The molecule has 0 heterocycles. The van der Waals surface area contributed by atoms with Crippen molar-refractivity contribution >= 4 is 8.32 Å². The third-order valence-electron chi connectivity index (χ3n) is 3.84. The maximum atomic E-state index is 7.15. The maximum Gasteiger partial charge on any atom is 0.248 e. The zero-order valence-electron chi connectivity index (χ0n) is 10.6. The number of hydrogen-bond donors (Lipinski definition) is 0. The Morgan fingerprint density at radius 2 is 1.87 bits per heavy atom. The van der Waals surface area contributed by atoms with Gasteiger partial charge in [-0.1, -0.05) is 20.8 Å². The van der Waals surface area contributed by atoms with E-state index in [9.17, 15) is 0 Å². The SMILES string of the molecule is [C-]#[N+][C@@H]1CCC[C@H]1O[Si](C)(C)C(C)(C)C. The van der Waals surface area contributed by atoms with Crippen LogP contribution in [0.25, 0.3) is 4.85 Å². The normalized spacial score (nSPS) is 27.7. The van der Waals surface area contributed by atoms with Crippen LogP contribution in [0.2, 0.25) is 18.1 Å². The highest BCUT2D eigenvalue weighted by Crippen LogP contribution is 2.39. The van der Waals surface area contributed by atoms with E-state index in [-0.39, 0.29) is 17.2 Å². The molecule has 0 bridgehead atoms. The molecule has 3 heteroatoms. The topological polar surface area (TPSA) is 13.6 Å². The van der Waals surface area contributed by atoms with E-state index in [0.29, 0.717) is 0 Å². The Hall–Kier alpha value is -0.333. The van der Waals surface area contributed by atoms with E-state index in [4.69, 9.17) is 11.0 Å². The molecule has 0 N–H and O–H groups in total. The zero-order chi connectivity index (χ0) is 11.7. The summed E-state index contributed by atoms with van der Waals surface area (Å²) in [5.41, 5.74) is 0. The summed E-state index contributed by atoms with van der Waals surface area (Å²) in [5.74, 6) is 0. The fraction of sp³-hybridized carbons (Fsp3) is 0.917. The first-order valence-electron chi connectivity index (χ1n) is 5.82. The van der Waals surface area contributed by atoms with Crippen LogP contribution in [0, 0.1) is 6.57 Å². The molecule has 0 radical (unpaired) electrons. The summed E-state index contributed by atoms with van der Waals surface area (Å²) >= 11 is 0. The second-order valence-electron chi connectivity index (χ2n) is 6.04. The second kappa shape index (κ2) is 4.27. The van der Waals surface area contributed by atoms with Gasteiger partial charge in [0.05, 0.1) is 0 Å². The van der Waals surface area contributed by atoms with Crippen molar-refractivity contribution in [2.24, 2.45) is 0 Å². The zero-order valence-corrected chi connectivity index (χ0v) is 11.6. The maximum absolute atomic E-state index is 7.15. The molecule has 2 atom stereocenters. The molecule has 0 amide bonds. The third-order valence-corrected chi connectivity index (χ3v) is 8.34. The second-order valence-corrected chi connectivity index (χ2v) is 10.8. The lowest BCUT2D eigenvalue weighted by molar-refractivity contribution is 0.182. The van der Waals surface area contributed by atoms with Crippen LogP contribution in [0.3, 0.4) is 0 Å². The van der Waals surface area contributed by atoms with Crippen molar-refractivity contribution in [2.75, 3.05) is 0 Å². The summed E-state index contributed by atoms with van der Waals surface area (Å²) in [6.07, 6.45) is 3.48. The Labute approximate surface area is 95.0 Å². The Morgan fingerprint density at radius 3 is 2.33 bits per heavy atom. The molecular weight excluding hydrogens is 202 g/mol. The number of rotatable bonds is 2. The van der Waals surface area contributed by atoms with Gasteiger partial charge >= 0.3 is 0 Å². The van der Waals surface area contributed by atoms with Crippen molar-refractivity contribution in [1.29, 1.82) is 0 Å². The van der Waals surface area contributed by atoms with Crippen LogP contribution < -0.4 is 0 Å². The van der Waals surface area contributed by atoms with E-state index in [0.717, 1.165) is 19.3 Å². The van der Waals surface area contributed by atoms with Gasteiger partial charge in [0.1, 0.15) is 6.10 Å². The van der Waals surface area contributed by atoms with Gasteiger partial charge in [-0.3, -0.25) is 0 Å². The minimum atomic E-state index is -1.67. The predicted molar refractivity (Wildman–Crippen MR) is 66.3 cm³/mol. The van der Waals surface area contributed by atoms with E-state index in [2.05, 4.69) is 38.7 Å². The fourth-order valence-electron chi connectivity index (χ4n) is 1.75. The highest BCUT2D eigenvalue weighted by molar-refractivity contribution is 6.74. The van der Waals surface area contributed by atoms with Crippen LogP contribution in [0.15, 0.2) is 0 Å². The minimum absolute atomic E-state index is 0.124. The highest BCUT2D eigenvalue weighted by atomic mass is 28.4. The van der Waals surface area contributed by atoms with Gasteiger partial charge in [-0.25, -0.2) is 6.57 Å². The molecule has 0 aromatic rings. The molecule has 1 rings (SSSR count). The van der Waals surface area contributed by atoms with Crippen molar-refractivity contribution < 1.29 is 4.43 Å². The lowest BCUT2D eigenvalue weighted by atomic mass is 10.2. The first-order chi connectivity index (χ1) is 6.78. The summed E-state index contributed by atoms with van der Waals surface area (Å²) < 4.78 is 6.29. The number of hydrogen-bond acceptors (Lipinski definition) is 1. The van der Waals surface area contributed by atoms with Gasteiger partial charge in [0.25, 0.3) is 0 Å². The van der Waals surface area contributed by atoms with E-state index in [1.54, 1.807) is 0 Å². The molecule has 0 unspecified atom stereocenters. The van der Waals surface area contributed by atoms with Gasteiger partial charge in [-0.15, -0.1) is 0 Å². The molecule has 0 aliphatic heterocycles. The minimum Gasteiger partial charge on any atom is -0.406 e. The summed E-state index contributed by atoms with van der Waals surface area (Å²) in [7, 11) is -1.67. The molecule has 1 aliphatic rings. The van der Waals surface area contributed by atoms with Crippen LogP contribution >= 0.6 is 0 Å². The van der Waals surface area contributed by atoms with Crippen LogP contribution in [-0.4, -0.2) is 20.5 Å². The molecule has 2 nitrogen and oxygen atoms in total. The van der Waals surface area contributed by atoms with Gasteiger partial charge in [-0.05, 0) is 31.0 Å². The van der Waals surface area contributed by atoms with Gasteiger partial charge in [-0.2, -0.15) is 0 Å². The third kappa shape index (κ3) is 2.82. The predicted octanol–water partition coefficient (Wildman–Crippen LogP) is 3.85. The molecule has 0 aromatic carbocycles. The largest absolute Gasteiger partial charge is 0.406 e. The van der Waals surface area contributed by atoms with Crippen molar-refractivity contribution in [1.82, 2.24) is 0 Å². The Bertz CT molecular complexity index is 262. The molecule has 0 aromatic heterocycles. The summed E-state index contributed by atoms with van der Waals surface area (Å²) in [5, 5.41) is 0.252. The quantitative estimate of drug-likeness (QED) is 0.514. The van der Waals surface area contributed by atoms with Crippen molar-refractivity contribution in [3.63, 3.8) is 0 Å². The highest BCUT2D eigenvalue weighted by Gasteiger charge is 2.43. The van der Waals surface area contributed by atoms with Gasteiger partial charge < -0.3 is 9.27 Å². The molecule has 86 valence electrons. The molecule has 1 fully saturated rings. The molecule has 1 saturated carbocycles. The summed E-state index contributed by atoms with van der Waals surface area (Å²) in [4.78, 5) is 3.68.